The molecule has 0 aliphatic carbocycles. The molecule has 0 aromatic rings. The summed E-state index contributed by atoms with van der Waals surface area (Å²) in [7, 11) is 0. The Morgan fingerprint density at radius 1 is 1.57 bits per heavy atom. The molecule has 7 heteroatoms. The molecule has 0 atom stereocenters. The van der Waals surface area contributed by atoms with E-state index < -0.39 is 5.09 Å². The van der Waals surface area contributed by atoms with Crippen molar-refractivity contribution in [2.75, 3.05) is 0 Å². The van der Waals surface area contributed by atoms with Crippen molar-refractivity contribution in [1.82, 2.24) is 6.15 Å². The van der Waals surface area contributed by atoms with Crippen LogP contribution in [0.3, 0.4) is 0 Å². The van der Waals surface area contributed by atoms with E-state index in [1.54, 1.807) is 0 Å². The van der Waals surface area contributed by atoms with Gasteiger partial charge < -0.3 is 11.4 Å². The van der Waals surface area contributed by atoms with Crippen LogP contribution in [-0.2, 0) is 0 Å². The Labute approximate surface area is 86.3 Å². The molecule has 5 nitrogen and oxygen atoms in total. The van der Waals surface area contributed by atoms with Crippen LogP contribution in [0.2, 0.25) is 0 Å². The molecule has 4 N–H and O–H groups in total. The van der Waals surface area contributed by atoms with E-state index in [-0.39, 0.29) is 66.9 Å². The van der Waals surface area contributed by atoms with Crippen LogP contribution in [-0.4, -0.2) is 71.1 Å². The first kappa shape index (κ1) is 24.1. The van der Waals surface area contributed by atoms with Gasteiger partial charge in [0.05, 0.1) is 0 Å². The first-order chi connectivity index (χ1) is 1.73. The summed E-state index contributed by atoms with van der Waals surface area (Å²) in [6.45, 7) is 0. The molecule has 0 amide bonds. The second-order valence-corrected chi connectivity index (χ2v) is 0.238. The van der Waals surface area contributed by atoms with Crippen LogP contribution in [0.15, 0.2) is 0 Å². The fourth-order valence-corrected chi connectivity index (χ4v) is 0. The first-order valence-corrected chi connectivity index (χ1v) is 0.565. The van der Waals surface area contributed by atoms with Gasteiger partial charge in [-0.1, -0.05) is 0 Å². The monoisotopic (exact) mass is 148 g/mol. The Balaban J connectivity index is -0.0000000150. The van der Waals surface area contributed by atoms with Crippen LogP contribution < -0.4 is 6.15 Å². The van der Waals surface area contributed by atoms with Crippen molar-refractivity contribution < 1.29 is 10.3 Å². The summed E-state index contributed by atoms with van der Waals surface area (Å²) in [6.07, 6.45) is 0. The Bertz CT molecular complexity index is 35.9. The molecule has 0 aromatic heterocycles. The molecule has 0 radical (unpaired) electrons. The number of hydrogen-bond donors (Lipinski definition) is 2. The van der Waals surface area contributed by atoms with Crippen molar-refractivity contribution in [1.29, 1.82) is 0 Å². The zero-order valence-electron chi connectivity index (χ0n) is 2.42. The summed E-state index contributed by atoms with van der Waals surface area (Å²) < 4.78 is 0. The van der Waals surface area contributed by atoms with Gasteiger partial charge in [-0.15, -0.1) is 10.1 Å². The normalized spacial score (nSPS) is 3.43. The zero-order chi connectivity index (χ0) is 3.58. The molecule has 0 fully saturated rings. The molecule has 0 rings (SSSR count). The Morgan fingerprint density at radius 3 is 1.57 bits per heavy atom. The van der Waals surface area contributed by atoms with E-state index in [1.165, 1.54) is 0 Å². The van der Waals surface area contributed by atoms with E-state index in [2.05, 4.69) is 0 Å². The molecule has 0 heterocycles. The average molecular weight is 148 g/mol. The largest absolute Gasteiger partial charge is 0.316 e. The van der Waals surface area contributed by atoms with Gasteiger partial charge in [0.1, 0.15) is 0 Å². The second-order valence-electron chi connectivity index (χ2n) is 0.238. The minimum atomic E-state index is -1.50. The maximum Gasteiger partial charge on any atom is 0.316 e. The standard InChI is InChI=1S/Ca.Mg.HNO3.H3N.4H/c;;2-1(3)4;;;;;/h;;(H,2,3,4);1H3;;;;. The van der Waals surface area contributed by atoms with E-state index in [9.17, 15) is 0 Å². The van der Waals surface area contributed by atoms with Crippen molar-refractivity contribution in [2.45, 2.75) is 0 Å². The SMILES string of the molecule is N.O=[N+]([O-])O.[CaH2].[MgH2]. The third-order valence-corrected chi connectivity index (χ3v) is 0. The van der Waals surface area contributed by atoms with Crippen molar-refractivity contribution in [3.05, 3.63) is 10.1 Å². The van der Waals surface area contributed by atoms with Gasteiger partial charge in [-0.3, -0.25) is 0 Å². The van der Waals surface area contributed by atoms with Crippen LogP contribution in [0.1, 0.15) is 0 Å². The minimum Gasteiger partial charge on any atom is 0.316 e. The molecular weight excluding hydrogens is 140 g/mol. The maximum atomic E-state index is 8.36. The van der Waals surface area contributed by atoms with Gasteiger partial charge in [-0.25, -0.2) is 0 Å². The third kappa shape index (κ3) is 137. The topological polar surface area (TPSA) is 98.4 Å². The summed E-state index contributed by atoms with van der Waals surface area (Å²) in [5, 5.41) is 13.6. The van der Waals surface area contributed by atoms with E-state index in [0.29, 0.717) is 0 Å². The minimum absolute atomic E-state index is 0. The first-order valence-electron chi connectivity index (χ1n) is 0.565. The molecular formula is H8CaMgN2O3. The summed E-state index contributed by atoms with van der Waals surface area (Å²) in [6, 6.07) is 0. The van der Waals surface area contributed by atoms with Crippen LogP contribution in [0.5, 0.6) is 0 Å². The van der Waals surface area contributed by atoms with E-state index in [0.717, 1.165) is 0 Å². The van der Waals surface area contributed by atoms with Gasteiger partial charge >= 0.3 is 60.8 Å². The molecule has 0 saturated carbocycles. The zero-order valence-corrected chi connectivity index (χ0v) is 2.42. The Hall–Kier alpha value is 1.19. The van der Waals surface area contributed by atoms with Gasteiger partial charge in [0.2, 0.25) is 0 Å². The van der Waals surface area contributed by atoms with Gasteiger partial charge in [-0.2, -0.15) is 0 Å². The van der Waals surface area contributed by atoms with Crippen molar-refractivity contribution in [3.8, 4) is 0 Å². The van der Waals surface area contributed by atoms with E-state index in [1.807, 2.05) is 0 Å². The smallest absolute Gasteiger partial charge is 0.316 e. The molecule has 40 valence electrons. The van der Waals surface area contributed by atoms with E-state index in [4.69, 9.17) is 15.3 Å². The summed E-state index contributed by atoms with van der Waals surface area (Å²) in [4.78, 5) is 8.36. The molecule has 7 heavy (non-hydrogen) atoms. The number of hydrogen-bond acceptors (Lipinski definition) is 3. The quantitative estimate of drug-likeness (QED) is 0.235. The molecule has 0 unspecified atom stereocenters. The second kappa shape index (κ2) is 15.7. The molecule has 0 aliphatic rings. The third-order valence-electron chi connectivity index (χ3n) is 0. The van der Waals surface area contributed by atoms with Gasteiger partial charge in [0.25, 0.3) is 5.09 Å². The van der Waals surface area contributed by atoms with E-state index >= 15 is 0 Å². The predicted molar refractivity (Wildman–Crippen MR) is 30.9 cm³/mol. The fraction of sp³-hybridized carbons (Fsp3) is 0. The predicted octanol–water partition coefficient (Wildman–Crippen LogP) is -2.02. The molecule has 0 saturated heterocycles. The Morgan fingerprint density at radius 2 is 1.57 bits per heavy atom. The van der Waals surface area contributed by atoms with Crippen molar-refractivity contribution >= 4 is 60.8 Å². The summed E-state index contributed by atoms with van der Waals surface area (Å²) >= 11 is 0. The molecule has 0 aliphatic heterocycles. The molecule has 0 spiro atoms. The number of rotatable bonds is 0. The van der Waals surface area contributed by atoms with Crippen LogP contribution >= 0.6 is 0 Å². The maximum absolute atomic E-state index is 8.36. The average Bonchev–Trinajstić information content (AvgIpc) is 0.811. The summed E-state index contributed by atoms with van der Waals surface area (Å²) in [5.74, 6) is 0. The van der Waals surface area contributed by atoms with Crippen molar-refractivity contribution in [3.63, 3.8) is 0 Å². The molecule has 0 bridgehead atoms. The van der Waals surface area contributed by atoms with Crippen LogP contribution in [0.4, 0.5) is 0 Å². The van der Waals surface area contributed by atoms with Crippen LogP contribution in [0, 0.1) is 10.1 Å². The van der Waals surface area contributed by atoms with Crippen LogP contribution in [0.25, 0.3) is 0 Å². The van der Waals surface area contributed by atoms with Gasteiger partial charge in [0.15, 0.2) is 0 Å². The summed E-state index contributed by atoms with van der Waals surface area (Å²) in [5.41, 5.74) is 0. The van der Waals surface area contributed by atoms with Gasteiger partial charge in [0, 0.05) is 0 Å². The fourth-order valence-electron chi connectivity index (χ4n) is 0. The van der Waals surface area contributed by atoms with Gasteiger partial charge in [-0.05, 0) is 0 Å². The molecule has 0 aromatic carbocycles. The van der Waals surface area contributed by atoms with Crippen molar-refractivity contribution in [2.24, 2.45) is 0 Å². The number of nitrogens with zero attached hydrogens (tertiary/aromatic N) is 1. The Kier molecular flexibility index (Phi) is 54.1.